The van der Waals surface area contributed by atoms with E-state index in [-0.39, 0.29) is 0 Å². The molecule has 1 saturated heterocycles. The number of rotatable bonds is 4. The lowest BCUT2D eigenvalue weighted by Crippen LogP contribution is -2.40. The van der Waals surface area contributed by atoms with Crippen LogP contribution < -0.4 is 0 Å². The van der Waals surface area contributed by atoms with E-state index in [4.69, 9.17) is 0 Å². The van der Waals surface area contributed by atoms with Crippen molar-refractivity contribution < 1.29 is 0 Å². The lowest BCUT2D eigenvalue weighted by atomic mass is 10.3. The van der Waals surface area contributed by atoms with Crippen LogP contribution in [0.25, 0.3) is 0 Å². The Labute approximate surface area is 75.2 Å². The largest absolute Gasteiger partial charge is 0.276 e. The summed E-state index contributed by atoms with van der Waals surface area (Å²) in [4.78, 5) is 4.31. The van der Waals surface area contributed by atoms with Gasteiger partial charge in [0.15, 0.2) is 0 Å². The van der Waals surface area contributed by atoms with Gasteiger partial charge in [0.2, 0.25) is 0 Å². The highest BCUT2D eigenvalue weighted by atomic mass is 15.3. The van der Waals surface area contributed by atoms with Gasteiger partial charge in [0.25, 0.3) is 0 Å². The fraction of sp³-hybridized carbons (Fsp3) is 0.500. The molecule has 0 saturated carbocycles. The molecule has 2 heteroatoms. The third kappa shape index (κ3) is 2.80. The van der Waals surface area contributed by atoms with Crippen LogP contribution in [0.5, 0.6) is 0 Å². The average Bonchev–Trinajstić information content (AvgIpc) is 2.06. The maximum Gasteiger partial charge on any atom is 0.147 e. The van der Waals surface area contributed by atoms with Crippen molar-refractivity contribution >= 4 is 0 Å². The van der Waals surface area contributed by atoms with Crippen LogP contribution in [-0.2, 0) is 0 Å². The first-order valence-corrected chi connectivity index (χ1v) is 4.35. The highest BCUT2D eigenvalue weighted by Crippen LogP contribution is 2.09. The Morgan fingerprint density at radius 3 is 2.00 bits per heavy atom. The first-order chi connectivity index (χ1) is 5.86. The van der Waals surface area contributed by atoms with Gasteiger partial charge in [0, 0.05) is 26.2 Å². The molecule has 0 atom stereocenters. The SMILES string of the molecule is C=CCN1[C]N(CC=C)CCC1. The van der Waals surface area contributed by atoms with Crippen molar-refractivity contribution in [2.45, 2.75) is 6.42 Å². The summed E-state index contributed by atoms with van der Waals surface area (Å²) < 4.78 is 0. The Bertz CT molecular complexity index is 138. The van der Waals surface area contributed by atoms with Crippen molar-refractivity contribution in [2.24, 2.45) is 0 Å². The Morgan fingerprint density at radius 2 is 1.58 bits per heavy atom. The summed E-state index contributed by atoms with van der Waals surface area (Å²) in [5, 5.41) is 0. The van der Waals surface area contributed by atoms with Gasteiger partial charge in [-0.3, -0.25) is 9.80 Å². The van der Waals surface area contributed by atoms with Gasteiger partial charge in [-0.2, -0.15) is 0 Å². The van der Waals surface area contributed by atoms with Gasteiger partial charge >= 0.3 is 0 Å². The molecule has 0 bridgehead atoms. The topological polar surface area (TPSA) is 6.48 Å². The predicted octanol–water partition coefficient (Wildman–Crippen LogP) is 1.36. The molecule has 0 N–H and O–H groups in total. The molecule has 0 aromatic heterocycles. The maximum atomic E-state index is 3.71. The lowest BCUT2D eigenvalue weighted by molar-refractivity contribution is 0.170. The fourth-order valence-corrected chi connectivity index (χ4v) is 1.33. The summed E-state index contributed by atoms with van der Waals surface area (Å²) in [7, 11) is 0. The van der Waals surface area contributed by atoms with Crippen LogP contribution in [-0.4, -0.2) is 36.0 Å². The fourth-order valence-electron chi connectivity index (χ4n) is 1.33. The molecule has 0 amide bonds. The first kappa shape index (κ1) is 9.49. The van der Waals surface area contributed by atoms with E-state index in [1.807, 2.05) is 12.2 Å². The molecule has 0 aliphatic carbocycles. The van der Waals surface area contributed by atoms with E-state index in [0.717, 1.165) is 26.2 Å². The van der Waals surface area contributed by atoms with E-state index < -0.39 is 0 Å². The second-order valence-electron chi connectivity index (χ2n) is 2.92. The third-order valence-corrected chi connectivity index (χ3v) is 1.84. The van der Waals surface area contributed by atoms with Crippen molar-refractivity contribution in [1.82, 2.24) is 9.80 Å². The van der Waals surface area contributed by atoms with Gasteiger partial charge in [-0.25, -0.2) is 0 Å². The van der Waals surface area contributed by atoms with E-state index in [1.165, 1.54) is 6.42 Å². The number of hydrogen-bond donors (Lipinski definition) is 0. The average molecular weight is 164 g/mol. The molecule has 12 heavy (non-hydrogen) atoms. The molecule has 0 aromatic rings. The maximum absolute atomic E-state index is 3.71. The van der Waals surface area contributed by atoms with Gasteiger partial charge in [-0.05, 0) is 6.42 Å². The molecule has 1 rings (SSSR count). The molecule has 0 unspecified atom stereocenters. The van der Waals surface area contributed by atoms with Crippen LogP contribution in [0.2, 0.25) is 0 Å². The summed E-state index contributed by atoms with van der Waals surface area (Å²) in [5.74, 6) is 0. The molecule has 0 spiro atoms. The summed E-state index contributed by atoms with van der Waals surface area (Å²) in [5.41, 5.74) is 0. The van der Waals surface area contributed by atoms with Gasteiger partial charge < -0.3 is 0 Å². The first-order valence-electron chi connectivity index (χ1n) is 4.35. The van der Waals surface area contributed by atoms with E-state index in [0.29, 0.717) is 0 Å². The molecule has 0 aromatic carbocycles. The lowest BCUT2D eigenvalue weighted by Gasteiger charge is -2.32. The summed E-state index contributed by atoms with van der Waals surface area (Å²) >= 11 is 0. The van der Waals surface area contributed by atoms with Crippen LogP contribution in [0.1, 0.15) is 6.42 Å². The number of nitrogens with zero attached hydrogens (tertiary/aromatic N) is 2. The highest BCUT2D eigenvalue weighted by molar-refractivity contribution is 4.85. The van der Waals surface area contributed by atoms with Crippen molar-refractivity contribution in [3.8, 4) is 0 Å². The molecule has 2 nitrogen and oxygen atoms in total. The number of hydrogen-bond acceptors (Lipinski definition) is 2. The molecule has 1 heterocycles. The summed E-state index contributed by atoms with van der Waals surface area (Å²) in [6, 6.07) is 0. The van der Waals surface area contributed by atoms with Crippen molar-refractivity contribution in [2.75, 3.05) is 26.2 Å². The van der Waals surface area contributed by atoms with Crippen LogP contribution in [0.15, 0.2) is 25.3 Å². The summed E-state index contributed by atoms with van der Waals surface area (Å²) in [6.07, 6.45) is 5.02. The van der Waals surface area contributed by atoms with Crippen LogP contribution in [0.4, 0.5) is 0 Å². The third-order valence-electron chi connectivity index (χ3n) is 1.84. The minimum absolute atomic E-state index is 0.896. The van der Waals surface area contributed by atoms with Crippen molar-refractivity contribution in [3.05, 3.63) is 32.0 Å². The van der Waals surface area contributed by atoms with Crippen molar-refractivity contribution in [3.63, 3.8) is 0 Å². The standard InChI is InChI=1S/C10H16N2/c1-3-6-11-8-5-9-12(10-11)7-4-2/h3-4H,1-2,5-9H2. The molecule has 2 radical (unpaired) electrons. The highest BCUT2D eigenvalue weighted by Gasteiger charge is 2.16. The van der Waals surface area contributed by atoms with Crippen LogP contribution in [0, 0.1) is 6.67 Å². The second-order valence-corrected chi connectivity index (χ2v) is 2.92. The Balaban J connectivity index is 2.29. The smallest absolute Gasteiger partial charge is 0.147 e. The van der Waals surface area contributed by atoms with E-state index >= 15 is 0 Å². The molecule has 66 valence electrons. The van der Waals surface area contributed by atoms with E-state index in [1.54, 1.807) is 0 Å². The Kier molecular flexibility index (Phi) is 4.05. The Morgan fingerprint density at radius 1 is 1.08 bits per heavy atom. The molecule has 1 aliphatic rings. The minimum Gasteiger partial charge on any atom is -0.276 e. The zero-order valence-corrected chi connectivity index (χ0v) is 7.50. The normalized spacial score (nSPS) is 20.7. The zero-order chi connectivity index (χ0) is 8.81. The molecular weight excluding hydrogens is 148 g/mol. The van der Waals surface area contributed by atoms with Crippen molar-refractivity contribution in [1.29, 1.82) is 0 Å². The molecule has 1 aliphatic heterocycles. The minimum atomic E-state index is 0.896. The zero-order valence-electron chi connectivity index (χ0n) is 7.50. The van der Waals surface area contributed by atoms with E-state index in [2.05, 4.69) is 29.6 Å². The quantitative estimate of drug-likeness (QED) is 0.579. The monoisotopic (exact) mass is 164 g/mol. The second kappa shape index (κ2) is 5.12. The van der Waals surface area contributed by atoms with Gasteiger partial charge in [-0.1, -0.05) is 12.2 Å². The van der Waals surface area contributed by atoms with Gasteiger partial charge in [0.05, 0.1) is 0 Å². The Hall–Kier alpha value is -0.600. The van der Waals surface area contributed by atoms with E-state index in [9.17, 15) is 0 Å². The summed E-state index contributed by atoms with van der Waals surface area (Å²) in [6.45, 7) is 14.7. The van der Waals surface area contributed by atoms with Crippen LogP contribution >= 0.6 is 0 Å². The van der Waals surface area contributed by atoms with Crippen LogP contribution in [0.3, 0.4) is 0 Å². The predicted molar refractivity (Wildman–Crippen MR) is 51.4 cm³/mol. The van der Waals surface area contributed by atoms with Gasteiger partial charge in [-0.15, -0.1) is 13.2 Å². The molecular formula is C10H16N2. The van der Waals surface area contributed by atoms with Gasteiger partial charge in [0.1, 0.15) is 6.67 Å². The molecule has 1 fully saturated rings.